The van der Waals surface area contributed by atoms with Crippen LogP contribution in [0.3, 0.4) is 0 Å². The first-order chi connectivity index (χ1) is 8.80. The Kier molecular flexibility index (Phi) is 3.95. The van der Waals surface area contributed by atoms with Gasteiger partial charge in [-0.25, -0.2) is 8.78 Å². The van der Waals surface area contributed by atoms with Gasteiger partial charge in [0.15, 0.2) is 0 Å². The molecule has 3 heteroatoms. The van der Waals surface area contributed by atoms with E-state index in [2.05, 4.69) is 20.8 Å². The van der Waals surface area contributed by atoms with E-state index in [4.69, 9.17) is 5.73 Å². The van der Waals surface area contributed by atoms with Crippen LogP contribution in [-0.2, 0) is 0 Å². The summed E-state index contributed by atoms with van der Waals surface area (Å²) < 4.78 is 27.9. The van der Waals surface area contributed by atoms with Gasteiger partial charge in [0.2, 0.25) is 0 Å². The highest BCUT2D eigenvalue weighted by Crippen LogP contribution is 2.44. The molecule has 19 heavy (non-hydrogen) atoms. The van der Waals surface area contributed by atoms with Crippen LogP contribution in [0.4, 0.5) is 8.78 Å². The van der Waals surface area contributed by atoms with Crippen molar-refractivity contribution >= 4 is 0 Å². The van der Waals surface area contributed by atoms with Crippen LogP contribution >= 0.6 is 0 Å². The van der Waals surface area contributed by atoms with Gasteiger partial charge in [-0.15, -0.1) is 0 Å². The molecule has 3 unspecified atom stereocenters. The first kappa shape index (κ1) is 14.4. The molecule has 0 heterocycles. The topological polar surface area (TPSA) is 26.0 Å². The molecule has 0 bridgehead atoms. The van der Waals surface area contributed by atoms with Crippen LogP contribution < -0.4 is 5.73 Å². The predicted octanol–water partition coefficient (Wildman–Crippen LogP) is 4.22. The van der Waals surface area contributed by atoms with Crippen molar-refractivity contribution in [3.8, 4) is 0 Å². The minimum absolute atomic E-state index is 0.148. The van der Waals surface area contributed by atoms with Crippen molar-refractivity contribution in [2.24, 2.45) is 17.1 Å². The van der Waals surface area contributed by atoms with Gasteiger partial charge in [-0.1, -0.05) is 26.8 Å². The first-order valence-electron chi connectivity index (χ1n) is 7.00. The highest BCUT2D eigenvalue weighted by molar-refractivity contribution is 5.26. The largest absolute Gasteiger partial charge is 0.327 e. The van der Waals surface area contributed by atoms with Crippen LogP contribution in [0.5, 0.6) is 0 Å². The lowest BCUT2D eigenvalue weighted by Crippen LogP contribution is -2.39. The van der Waals surface area contributed by atoms with Gasteiger partial charge in [0.1, 0.15) is 11.6 Å². The van der Waals surface area contributed by atoms with Gasteiger partial charge in [-0.05, 0) is 42.7 Å². The van der Waals surface area contributed by atoms with E-state index >= 15 is 0 Å². The van der Waals surface area contributed by atoms with E-state index in [9.17, 15) is 8.78 Å². The summed E-state index contributed by atoms with van der Waals surface area (Å²) in [6.07, 6.45) is 2.64. The average Bonchev–Trinajstić information content (AvgIpc) is 2.29. The van der Waals surface area contributed by atoms with Crippen molar-refractivity contribution in [3.63, 3.8) is 0 Å². The van der Waals surface area contributed by atoms with Crippen molar-refractivity contribution in [2.75, 3.05) is 0 Å². The molecule has 1 aromatic carbocycles. The van der Waals surface area contributed by atoms with Gasteiger partial charge in [-0.3, -0.25) is 0 Å². The maximum Gasteiger partial charge on any atom is 0.129 e. The second-order valence-corrected chi connectivity index (χ2v) is 6.78. The van der Waals surface area contributed by atoms with Gasteiger partial charge in [0.25, 0.3) is 0 Å². The molecule has 1 aliphatic carbocycles. The quantitative estimate of drug-likeness (QED) is 0.810. The van der Waals surface area contributed by atoms with Crippen molar-refractivity contribution < 1.29 is 8.78 Å². The third-order valence-electron chi connectivity index (χ3n) is 4.50. The number of nitrogens with two attached hydrogens (primary N) is 1. The Morgan fingerprint density at radius 3 is 2.21 bits per heavy atom. The zero-order valence-electron chi connectivity index (χ0n) is 11.9. The minimum Gasteiger partial charge on any atom is -0.327 e. The van der Waals surface area contributed by atoms with E-state index in [-0.39, 0.29) is 22.9 Å². The van der Waals surface area contributed by atoms with Crippen LogP contribution in [0.15, 0.2) is 18.2 Å². The summed E-state index contributed by atoms with van der Waals surface area (Å²) >= 11 is 0. The third kappa shape index (κ3) is 2.97. The first-order valence-corrected chi connectivity index (χ1v) is 7.00. The van der Waals surface area contributed by atoms with E-state index < -0.39 is 11.6 Å². The van der Waals surface area contributed by atoms with Gasteiger partial charge in [0.05, 0.1) is 0 Å². The molecule has 0 spiro atoms. The molecule has 0 amide bonds. The molecule has 1 fully saturated rings. The van der Waals surface area contributed by atoms with E-state index in [1.54, 1.807) is 0 Å². The fourth-order valence-electron chi connectivity index (χ4n) is 3.18. The van der Waals surface area contributed by atoms with Crippen LogP contribution in [0.1, 0.15) is 51.5 Å². The zero-order chi connectivity index (χ0) is 14.2. The summed E-state index contributed by atoms with van der Waals surface area (Å²) in [6, 6.07) is 3.91. The number of benzene rings is 1. The van der Waals surface area contributed by atoms with Crippen LogP contribution in [-0.4, -0.2) is 6.04 Å². The minimum atomic E-state index is -0.463. The zero-order valence-corrected chi connectivity index (χ0v) is 11.9. The predicted molar refractivity (Wildman–Crippen MR) is 73.9 cm³/mol. The summed E-state index contributed by atoms with van der Waals surface area (Å²) in [5.74, 6) is -0.680. The molecule has 106 valence electrons. The Labute approximate surface area is 114 Å². The highest BCUT2D eigenvalue weighted by atomic mass is 19.1. The van der Waals surface area contributed by atoms with Gasteiger partial charge in [0, 0.05) is 17.5 Å². The molecule has 1 nitrogen and oxygen atoms in total. The lowest BCUT2D eigenvalue weighted by molar-refractivity contribution is 0.151. The van der Waals surface area contributed by atoms with E-state index in [0.29, 0.717) is 5.92 Å². The van der Waals surface area contributed by atoms with Crippen molar-refractivity contribution in [3.05, 3.63) is 35.4 Å². The Morgan fingerprint density at radius 1 is 1.11 bits per heavy atom. The number of hydrogen-bond donors (Lipinski definition) is 1. The molecule has 2 rings (SSSR count). The smallest absolute Gasteiger partial charge is 0.129 e. The van der Waals surface area contributed by atoms with Crippen LogP contribution in [0.2, 0.25) is 0 Å². The van der Waals surface area contributed by atoms with E-state index in [1.165, 1.54) is 18.2 Å². The highest BCUT2D eigenvalue weighted by Gasteiger charge is 2.37. The fraction of sp³-hybridized carbons (Fsp3) is 0.625. The normalized spacial score (nSPS) is 28.4. The summed E-state index contributed by atoms with van der Waals surface area (Å²) in [4.78, 5) is 0. The monoisotopic (exact) mass is 267 g/mol. The summed E-state index contributed by atoms with van der Waals surface area (Å²) in [5, 5.41) is 0. The summed E-state index contributed by atoms with van der Waals surface area (Å²) in [7, 11) is 0. The molecule has 0 aromatic heterocycles. The fourth-order valence-corrected chi connectivity index (χ4v) is 3.18. The lowest BCUT2D eigenvalue weighted by atomic mass is 9.66. The van der Waals surface area contributed by atoms with Gasteiger partial charge >= 0.3 is 0 Å². The maximum absolute atomic E-state index is 13.9. The van der Waals surface area contributed by atoms with Gasteiger partial charge < -0.3 is 5.73 Å². The third-order valence-corrected chi connectivity index (χ3v) is 4.50. The lowest BCUT2D eigenvalue weighted by Gasteiger charge is -2.41. The molecule has 2 N–H and O–H groups in total. The SMILES string of the molecule is CC(C)(C)C1CCC(N)C(c2c(F)cccc2F)C1. The molecular weight excluding hydrogens is 244 g/mol. The second kappa shape index (κ2) is 5.20. The Balaban J connectivity index is 2.32. The molecule has 3 atom stereocenters. The molecule has 0 saturated heterocycles. The molecule has 1 aromatic rings. The molecule has 1 saturated carbocycles. The van der Waals surface area contributed by atoms with Crippen molar-refractivity contribution in [1.82, 2.24) is 0 Å². The average molecular weight is 267 g/mol. The van der Waals surface area contributed by atoms with E-state index in [1.807, 2.05) is 0 Å². The number of hydrogen-bond acceptors (Lipinski definition) is 1. The van der Waals surface area contributed by atoms with Crippen LogP contribution in [0, 0.1) is 23.0 Å². The Hall–Kier alpha value is -0.960. The summed E-state index contributed by atoms with van der Waals surface area (Å²) in [5.41, 5.74) is 6.46. The van der Waals surface area contributed by atoms with Crippen LogP contribution in [0.25, 0.3) is 0 Å². The molecule has 0 aliphatic heterocycles. The summed E-state index contributed by atoms with van der Waals surface area (Å²) in [6.45, 7) is 6.55. The Bertz CT molecular complexity index is 430. The van der Waals surface area contributed by atoms with E-state index in [0.717, 1.165) is 19.3 Å². The molecular formula is C16H23F2N. The number of halogens is 2. The Morgan fingerprint density at radius 2 is 1.68 bits per heavy atom. The maximum atomic E-state index is 13.9. The second-order valence-electron chi connectivity index (χ2n) is 6.78. The number of rotatable bonds is 1. The van der Waals surface area contributed by atoms with Crippen molar-refractivity contribution in [1.29, 1.82) is 0 Å². The molecule has 1 aliphatic rings. The van der Waals surface area contributed by atoms with Crippen molar-refractivity contribution in [2.45, 2.75) is 52.0 Å². The van der Waals surface area contributed by atoms with Gasteiger partial charge in [-0.2, -0.15) is 0 Å². The standard InChI is InChI=1S/C16H23F2N/c1-16(2,3)10-7-8-14(19)11(9-10)15-12(17)5-4-6-13(15)18/h4-6,10-11,14H,7-9,19H2,1-3H3. The molecule has 0 radical (unpaired) electrons.